The number of rotatable bonds is 5. The molecule has 0 bridgehead atoms. The lowest BCUT2D eigenvalue weighted by Gasteiger charge is -2.16. The van der Waals surface area contributed by atoms with Crippen molar-refractivity contribution in [3.63, 3.8) is 0 Å². The van der Waals surface area contributed by atoms with Crippen molar-refractivity contribution in [1.29, 1.82) is 0 Å². The summed E-state index contributed by atoms with van der Waals surface area (Å²) in [5, 5.41) is 3.39. The highest BCUT2D eigenvalue weighted by atomic mass is 16.5. The Hall–Kier alpha value is -1.71. The van der Waals surface area contributed by atoms with Crippen LogP contribution in [0.3, 0.4) is 0 Å². The number of nitrogen functional groups attached to an aromatic ring is 1. The van der Waals surface area contributed by atoms with E-state index in [0.717, 1.165) is 11.6 Å². The van der Waals surface area contributed by atoms with Crippen LogP contribution in [0.4, 0.5) is 11.4 Å². The van der Waals surface area contributed by atoms with E-state index in [4.69, 9.17) is 5.73 Å². The van der Waals surface area contributed by atoms with E-state index in [-0.39, 0.29) is 5.97 Å². The molecule has 2 rings (SSSR count). The van der Waals surface area contributed by atoms with Crippen LogP contribution < -0.4 is 11.1 Å². The van der Waals surface area contributed by atoms with Gasteiger partial charge in [0.1, 0.15) is 0 Å². The minimum Gasteiger partial charge on any atom is -0.465 e. The molecule has 0 aromatic heterocycles. The number of esters is 1. The van der Waals surface area contributed by atoms with E-state index in [2.05, 4.69) is 17.0 Å². The highest BCUT2D eigenvalue weighted by Gasteiger charge is 2.23. The second kappa shape index (κ2) is 5.29. The zero-order chi connectivity index (χ0) is 13.1. The Morgan fingerprint density at radius 2 is 2.28 bits per heavy atom. The van der Waals surface area contributed by atoms with E-state index < -0.39 is 0 Å². The Morgan fingerprint density at radius 1 is 1.56 bits per heavy atom. The number of anilines is 2. The van der Waals surface area contributed by atoms with Gasteiger partial charge in [0.2, 0.25) is 0 Å². The van der Waals surface area contributed by atoms with E-state index in [1.807, 2.05) is 6.07 Å². The highest BCUT2D eigenvalue weighted by Crippen LogP contribution is 2.34. The maximum absolute atomic E-state index is 11.4. The first kappa shape index (κ1) is 12.7. The van der Waals surface area contributed by atoms with Crippen molar-refractivity contribution in [1.82, 2.24) is 0 Å². The van der Waals surface area contributed by atoms with Crippen LogP contribution in [-0.4, -0.2) is 19.1 Å². The minimum absolute atomic E-state index is 0.362. The monoisotopic (exact) mass is 248 g/mol. The molecule has 0 amide bonds. The van der Waals surface area contributed by atoms with E-state index in [1.165, 1.54) is 26.4 Å². The van der Waals surface area contributed by atoms with Crippen LogP contribution in [0.1, 0.15) is 36.5 Å². The highest BCUT2D eigenvalue weighted by molar-refractivity contribution is 5.91. The van der Waals surface area contributed by atoms with Crippen LogP contribution >= 0.6 is 0 Å². The predicted octanol–water partition coefficient (Wildman–Crippen LogP) is 2.66. The number of hydrogen-bond acceptors (Lipinski definition) is 4. The first-order chi connectivity index (χ1) is 8.60. The SMILES string of the molecule is COC(=O)c1ccc(NC(C)CC2CC2)c(N)c1. The maximum atomic E-state index is 11.4. The number of carbonyl (C=O) groups excluding carboxylic acids is 1. The number of carbonyl (C=O) groups is 1. The summed E-state index contributed by atoms with van der Waals surface area (Å²) in [6.45, 7) is 2.16. The van der Waals surface area contributed by atoms with E-state index >= 15 is 0 Å². The summed E-state index contributed by atoms with van der Waals surface area (Å²) >= 11 is 0. The molecule has 0 spiro atoms. The quantitative estimate of drug-likeness (QED) is 0.621. The zero-order valence-electron chi connectivity index (χ0n) is 10.9. The van der Waals surface area contributed by atoms with Gasteiger partial charge in [0.15, 0.2) is 0 Å². The lowest BCUT2D eigenvalue weighted by atomic mass is 10.1. The Balaban J connectivity index is 2.01. The van der Waals surface area contributed by atoms with Gasteiger partial charge in [-0.05, 0) is 37.5 Å². The summed E-state index contributed by atoms with van der Waals surface area (Å²) in [7, 11) is 1.36. The van der Waals surface area contributed by atoms with Crippen molar-refractivity contribution in [2.24, 2.45) is 5.92 Å². The molecule has 0 saturated heterocycles. The molecule has 1 saturated carbocycles. The molecule has 0 radical (unpaired) electrons. The summed E-state index contributed by atoms with van der Waals surface area (Å²) in [6.07, 6.45) is 3.88. The topological polar surface area (TPSA) is 64.3 Å². The van der Waals surface area contributed by atoms with Gasteiger partial charge in [-0.1, -0.05) is 12.8 Å². The summed E-state index contributed by atoms with van der Waals surface area (Å²) in [5.41, 5.74) is 7.89. The fraction of sp³-hybridized carbons (Fsp3) is 0.500. The normalized spacial score (nSPS) is 16.1. The zero-order valence-corrected chi connectivity index (χ0v) is 10.9. The third-order valence-electron chi connectivity index (χ3n) is 3.26. The second-order valence-electron chi connectivity index (χ2n) is 5.02. The molecule has 1 atom stereocenters. The Labute approximate surface area is 108 Å². The molecule has 1 unspecified atom stereocenters. The fourth-order valence-corrected chi connectivity index (χ4v) is 2.12. The standard InChI is InChI=1S/C14H20N2O2/c1-9(7-10-3-4-10)16-13-6-5-11(8-12(13)15)14(17)18-2/h5-6,8-10,16H,3-4,7,15H2,1-2H3. The summed E-state index contributed by atoms with van der Waals surface area (Å²) in [6, 6.07) is 5.63. The number of nitrogens with one attached hydrogen (secondary N) is 1. The summed E-state index contributed by atoms with van der Waals surface area (Å²) in [5.74, 6) is 0.516. The number of ether oxygens (including phenoxy) is 1. The van der Waals surface area contributed by atoms with Gasteiger partial charge in [-0.15, -0.1) is 0 Å². The van der Waals surface area contributed by atoms with Gasteiger partial charge in [-0.3, -0.25) is 0 Å². The molecule has 4 heteroatoms. The van der Waals surface area contributed by atoms with Crippen LogP contribution in [0.2, 0.25) is 0 Å². The lowest BCUT2D eigenvalue weighted by Crippen LogP contribution is -2.17. The Kier molecular flexibility index (Phi) is 3.75. The number of hydrogen-bond donors (Lipinski definition) is 2. The molecule has 1 aliphatic rings. The molecule has 4 nitrogen and oxygen atoms in total. The van der Waals surface area contributed by atoms with Crippen LogP contribution in [0, 0.1) is 5.92 Å². The van der Waals surface area contributed by atoms with E-state index in [0.29, 0.717) is 17.3 Å². The molecular weight excluding hydrogens is 228 g/mol. The predicted molar refractivity (Wildman–Crippen MR) is 72.6 cm³/mol. The largest absolute Gasteiger partial charge is 0.465 e. The van der Waals surface area contributed by atoms with Crippen LogP contribution in [0.15, 0.2) is 18.2 Å². The average molecular weight is 248 g/mol. The molecule has 1 aromatic carbocycles. The van der Waals surface area contributed by atoms with Crippen molar-refractivity contribution in [3.8, 4) is 0 Å². The number of nitrogens with two attached hydrogens (primary N) is 1. The van der Waals surface area contributed by atoms with Gasteiger partial charge in [0, 0.05) is 6.04 Å². The number of methoxy groups -OCH3 is 1. The fourth-order valence-electron chi connectivity index (χ4n) is 2.12. The van der Waals surface area contributed by atoms with Crippen molar-refractivity contribution in [2.75, 3.05) is 18.2 Å². The Bertz CT molecular complexity index is 441. The third kappa shape index (κ3) is 3.15. The molecule has 1 fully saturated rings. The van der Waals surface area contributed by atoms with Crippen LogP contribution in [-0.2, 0) is 4.74 Å². The van der Waals surface area contributed by atoms with Gasteiger partial charge in [0.05, 0.1) is 24.0 Å². The van der Waals surface area contributed by atoms with E-state index in [1.54, 1.807) is 12.1 Å². The minimum atomic E-state index is -0.362. The molecule has 98 valence electrons. The third-order valence-corrected chi connectivity index (χ3v) is 3.26. The summed E-state index contributed by atoms with van der Waals surface area (Å²) in [4.78, 5) is 11.4. The van der Waals surface area contributed by atoms with Gasteiger partial charge >= 0.3 is 5.97 Å². The van der Waals surface area contributed by atoms with Gasteiger partial charge in [-0.2, -0.15) is 0 Å². The first-order valence-corrected chi connectivity index (χ1v) is 6.34. The van der Waals surface area contributed by atoms with Gasteiger partial charge < -0.3 is 15.8 Å². The van der Waals surface area contributed by atoms with Gasteiger partial charge in [0.25, 0.3) is 0 Å². The maximum Gasteiger partial charge on any atom is 0.337 e. The molecule has 3 N–H and O–H groups in total. The van der Waals surface area contributed by atoms with Crippen molar-refractivity contribution in [3.05, 3.63) is 23.8 Å². The van der Waals surface area contributed by atoms with Crippen LogP contribution in [0.5, 0.6) is 0 Å². The van der Waals surface area contributed by atoms with Crippen molar-refractivity contribution in [2.45, 2.75) is 32.2 Å². The van der Waals surface area contributed by atoms with Crippen molar-refractivity contribution >= 4 is 17.3 Å². The first-order valence-electron chi connectivity index (χ1n) is 6.34. The molecule has 18 heavy (non-hydrogen) atoms. The molecule has 0 heterocycles. The smallest absolute Gasteiger partial charge is 0.337 e. The van der Waals surface area contributed by atoms with Crippen molar-refractivity contribution < 1.29 is 9.53 Å². The van der Waals surface area contributed by atoms with Gasteiger partial charge in [-0.25, -0.2) is 4.79 Å². The van der Waals surface area contributed by atoms with Crippen LogP contribution in [0.25, 0.3) is 0 Å². The number of benzene rings is 1. The Morgan fingerprint density at radius 3 is 2.83 bits per heavy atom. The summed E-state index contributed by atoms with van der Waals surface area (Å²) < 4.78 is 4.66. The molecule has 0 aliphatic heterocycles. The average Bonchev–Trinajstić information content (AvgIpc) is 3.14. The second-order valence-corrected chi connectivity index (χ2v) is 5.02. The lowest BCUT2D eigenvalue weighted by molar-refractivity contribution is 0.0601. The molecule has 1 aliphatic carbocycles. The van der Waals surface area contributed by atoms with E-state index in [9.17, 15) is 4.79 Å². The molecule has 1 aromatic rings. The molecular formula is C14H20N2O2.